The Hall–Kier alpha value is -0.890. The molecule has 0 aliphatic heterocycles. The van der Waals surface area contributed by atoms with E-state index in [9.17, 15) is 0 Å². The second kappa shape index (κ2) is 5.44. The standard InChI is InChI=1S/C13H18ClNO/c1-16-13-11(14)7-4-8-12(13)15-9-10-5-2-3-6-10/h4,7-8,10,15H,2-3,5-6,9H2,1H3. The number of hydrogen-bond donors (Lipinski definition) is 1. The van der Waals surface area contributed by atoms with Gasteiger partial charge in [-0.05, 0) is 30.9 Å². The first-order valence-electron chi connectivity index (χ1n) is 5.87. The summed E-state index contributed by atoms with van der Waals surface area (Å²) in [6, 6.07) is 5.81. The molecule has 1 fully saturated rings. The molecule has 1 aliphatic carbocycles. The number of anilines is 1. The molecular formula is C13H18ClNO. The summed E-state index contributed by atoms with van der Waals surface area (Å²) in [6.45, 7) is 1.02. The maximum atomic E-state index is 6.06. The van der Waals surface area contributed by atoms with Crippen molar-refractivity contribution in [2.24, 2.45) is 5.92 Å². The first kappa shape index (κ1) is 11.6. The van der Waals surface area contributed by atoms with Gasteiger partial charge in [-0.2, -0.15) is 0 Å². The maximum Gasteiger partial charge on any atom is 0.160 e. The van der Waals surface area contributed by atoms with Gasteiger partial charge >= 0.3 is 0 Å². The minimum Gasteiger partial charge on any atom is -0.493 e. The number of halogens is 1. The molecule has 1 aromatic carbocycles. The average molecular weight is 240 g/mol. The fourth-order valence-electron chi connectivity index (χ4n) is 2.32. The lowest BCUT2D eigenvalue weighted by Gasteiger charge is -2.15. The van der Waals surface area contributed by atoms with E-state index in [-0.39, 0.29) is 0 Å². The lowest BCUT2D eigenvalue weighted by Crippen LogP contribution is -2.11. The van der Waals surface area contributed by atoms with Gasteiger partial charge in [-0.3, -0.25) is 0 Å². The highest BCUT2D eigenvalue weighted by Crippen LogP contribution is 2.33. The van der Waals surface area contributed by atoms with Crippen molar-refractivity contribution in [3.05, 3.63) is 23.2 Å². The van der Waals surface area contributed by atoms with Crippen LogP contribution in [-0.4, -0.2) is 13.7 Å². The zero-order chi connectivity index (χ0) is 11.4. The van der Waals surface area contributed by atoms with Crippen LogP contribution in [0.1, 0.15) is 25.7 Å². The minimum absolute atomic E-state index is 0.666. The summed E-state index contributed by atoms with van der Waals surface area (Å²) in [5.74, 6) is 1.56. The molecule has 0 amide bonds. The van der Waals surface area contributed by atoms with Crippen molar-refractivity contribution < 1.29 is 4.74 Å². The van der Waals surface area contributed by atoms with Crippen molar-refractivity contribution in [3.8, 4) is 5.75 Å². The lowest BCUT2D eigenvalue weighted by molar-refractivity contribution is 0.416. The third kappa shape index (κ3) is 2.62. The lowest BCUT2D eigenvalue weighted by atomic mass is 10.1. The maximum absolute atomic E-state index is 6.06. The number of nitrogens with one attached hydrogen (secondary N) is 1. The van der Waals surface area contributed by atoms with Gasteiger partial charge in [0.2, 0.25) is 0 Å². The Labute approximate surface area is 102 Å². The van der Waals surface area contributed by atoms with Gasteiger partial charge in [-0.15, -0.1) is 0 Å². The molecule has 2 nitrogen and oxygen atoms in total. The van der Waals surface area contributed by atoms with E-state index in [4.69, 9.17) is 16.3 Å². The molecule has 16 heavy (non-hydrogen) atoms. The number of benzene rings is 1. The Bertz CT molecular complexity index is 348. The molecule has 1 saturated carbocycles. The van der Waals surface area contributed by atoms with Gasteiger partial charge in [0.15, 0.2) is 5.75 Å². The number of hydrogen-bond acceptors (Lipinski definition) is 2. The molecule has 1 aliphatic rings. The SMILES string of the molecule is COc1c(Cl)cccc1NCC1CCCC1. The Kier molecular flexibility index (Phi) is 3.94. The molecule has 0 atom stereocenters. The van der Waals surface area contributed by atoms with Crippen molar-refractivity contribution in [1.29, 1.82) is 0 Å². The number of ether oxygens (including phenoxy) is 1. The van der Waals surface area contributed by atoms with Crippen molar-refractivity contribution in [3.63, 3.8) is 0 Å². The molecule has 0 unspecified atom stereocenters. The van der Waals surface area contributed by atoms with E-state index in [1.54, 1.807) is 7.11 Å². The summed E-state index contributed by atoms with van der Waals surface area (Å²) in [6.07, 6.45) is 5.43. The van der Waals surface area contributed by atoms with Gasteiger partial charge in [0.25, 0.3) is 0 Å². The molecule has 88 valence electrons. The highest BCUT2D eigenvalue weighted by atomic mass is 35.5. The fraction of sp³-hybridized carbons (Fsp3) is 0.538. The fourth-order valence-corrected chi connectivity index (χ4v) is 2.58. The van der Waals surface area contributed by atoms with E-state index in [0.717, 1.165) is 23.9 Å². The van der Waals surface area contributed by atoms with Gasteiger partial charge in [0.1, 0.15) is 0 Å². The summed E-state index contributed by atoms with van der Waals surface area (Å²) in [4.78, 5) is 0. The molecule has 0 saturated heterocycles. The van der Waals surface area contributed by atoms with Crippen LogP contribution in [0.3, 0.4) is 0 Å². The molecule has 0 radical (unpaired) electrons. The Balaban J connectivity index is 2.00. The normalized spacial score (nSPS) is 16.4. The number of rotatable bonds is 4. The van der Waals surface area contributed by atoms with E-state index >= 15 is 0 Å². The molecule has 0 bridgehead atoms. The van der Waals surface area contributed by atoms with Crippen molar-refractivity contribution in [2.45, 2.75) is 25.7 Å². The van der Waals surface area contributed by atoms with Crippen LogP contribution in [0.15, 0.2) is 18.2 Å². The largest absolute Gasteiger partial charge is 0.493 e. The third-order valence-corrected chi connectivity index (χ3v) is 3.52. The van der Waals surface area contributed by atoms with Crippen LogP contribution in [0.25, 0.3) is 0 Å². The van der Waals surface area contributed by atoms with Crippen LogP contribution in [0.4, 0.5) is 5.69 Å². The second-order valence-corrected chi connectivity index (χ2v) is 4.76. The molecule has 0 aromatic heterocycles. The van der Waals surface area contributed by atoms with Crippen LogP contribution < -0.4 is 10.1 Å². The van der Waals surface area contributed by atoms with Gasteiger partial charge in [-0.1, -0.05) is 30.5 Å². The molecular weight excluding hydrogens is 222 g/mol. The first-order chi connectivity index (χ1) is 7.81. The monoisotopic (exact) mass is 239 g/mol. The summed E-state index contributed by atoms with van der Waals surface area (Å²) in [7, 11) is 1.65. The summed E-state index contributed by atoms with van der Waals surface area (Å²) in [5, 5.41) is 4.10. The summed E-state index contributed by atoms with van der Waals surface area (Å²) in [5.41, 5.74) is 1.00. The van der Waals surface area contributed by atoms with E-state index in [1.165, 1.54) is 25.7 Å². The van der Waals surface area contributed by atoms with E-state index in [2.05, 4.69) is 5.32 Å². The molecule has 1 aromatic rings. The molecule has 3 heteroatoms. The van der Waals surface area contributed by atoms with Crippen molar-refractivity contribution in [2.75, 3.05) is 19.0 Å². The Morgan fingerprint density at radius 2 is 2.12 bits per heavy atom. The summed E-state index contributed by atoms with van der Waals surface area (Å²) < 4.78 is 5.30. The van der Waals surface area contributed by atoms with E-state index < -0.39 is 0 Å². The number of methoxy groups -OCH3 is 1. The second-order valence-electron chi connectivity index (χ2n) is 4.35. The van der Waals surface area contributed by atoms with Gasteiger partial charge < -0.3 is 10.1 Å². The van der Waals surface area contributed by atoms with Gasteiger partial charge in [0, 0.05) is 6.54 Å². The van der Waals surface area contributed by atoms with Crippen LogP contribution >= 0.6 is 11.6 Å². The molecule has 1 N–H and O–H groups in total. The predicted octanol–water partition coefficient (Wildman–Crippen LogP) is 3.95. The predicted molar refractivity (Wildman–Crippen MR) is 68.5 cm³/mol. The quantitative estimate of drug-likeness (QED) is 0.859. The van der Waals surface area contributed by atoms with Crippen molar-refractivity contribution in [1.82, 2.24) is 0 Å². The highest BCUT2D eigenvalue weighted by Gasteiger charge is 2.15. The van der Waals surface area contributed by atoms with Crippen molar-refractivity contribution >= 4 is 17.3 Å². The van der Waals surface area contributed by atoms with E-state index in [1.807, 2.05) is 18.2 Å². The van der Waals surface area contributed by atoms with Gasteiger partial charge in [0.05, 0.1) is 17.8 Å². The summed E-state index contributed by atoms with van der Waals surface area (Å²) >= 11 is 6.06. The van der Waals surface area contributed by atoms with Crippen LogP contribution in [0.5, 0.6) is 5.75 Å². The number of para-hydroxylation sites is 1. The van der Waals surface area contributed by atoms with Crippen LogP contribution in [0, 0.1) is 5.92 Å². The van der Waals surface area contributed by atoms with Gasteiger partial charge in [-0.25, -0.2) is 0 Å². The Morgan fingerprint density at radius 1 is 1.38 bits per heavy atom. The van der Waals surface area contributed by atoms with E-state index in [0.29, 0.717) is 5.02 Å². The molecule has 0 spiro atoms. The topological polar surface area (TPSA) is 21.3 Å². The molecule has 2 rings (SSSR count). The smallest absolute Gasteiger partial charge is 0.160 e. The Morgan fingerprint density at radius 3 is 2.81 bits per heavy atom. The highest BCUT2D eigenvalue weighted by molar-refractivity contribution is 6.32. The first-order valence-corrected chi connectivity index (χ1v) is 6.25. The van der Waals surface area contributed by atoms with Crippen LogP contribution in [0.2, 0.25) is 5.02 Å². The van der Waals surface area contributed by atoms with Crippen LogP contribution in [-0.2, 0) is 0 Å². The third-order valence-electron chi connectivity index (χ3n) is 3.23. The zero-order valence-corrected chi connectivity index (χ0v) is 10.4. The molecule has 0 heterocycles. The minimum atomic E-state index is 0.666. The zero-order valence-electron chi connectivity index (χ0n) is 9.63. The average Bonchev–Trinajstić information content (AvgIpc) is 2.79.